The topological polar surface area (TPSA) is 253 Å². The summed E-state index contributed by atoms with van der Waals surface area (Å²) in [5, 5.41) is 11.2. The molecule has 5 aromatic rings. The lowest BCUT2D eigenvalue weighted by atomic mass is 10.3. The number of aliphatic hydroxyl groups excluding tert-OH is 1. The first kappa shape index (κ1) is 42.5. The van der Waals surface area contributed by atoms with Crippen molar-refractivity contribution in [2.24, 2.45) is 0 Å². The number of aliphatic hydroxyl groups is 1. The highest BCUT2D eigenvalue weighted by atomic mass is 35.5. The van der Waals surface area contributed by atoms with Gasteiger partial charge in [0.25, 0.3) is 0 Å². The molecule has 21 heteroatoms. The molecule has 0 bridgehead atoms. The van der Waals surface area contributed by atoms with Crippen molar-refractivity contribution in [1.29, 1.82) is 0 Å². The van der Waals surface area contributed by atoms with Crippen LogP contribution in [0.25, 0.3) is 0 Å². The minimum Gasteiger partial charge on any atom is -0.429 e. The third kappa shape index (κ3) is 13.5. The van der Waals surface area contributed by atoms with Gasteiger partial charge in [-0.3, -0.25) is 14.5 Å². The number of rotatable bonds is 9. The molecule has 304 valence electrons. The fourth-order valence-electron chi connectivity index (χ4n) is 4.77. The van der Waals surface area contributed by atoms with Crippen molar-refractivity contribution in [3.05, 3.63) is 136 Å². The number of nitrogens with zero attached hydrogens (tertiary/aromatic N) is 4. The van der Waals surface area contributed by atoms with Gasteiger partial charge in [-0.2, -0.15) is 9.97 Å². The average molecular weight is 823 g/mol. The van der Waals surface area contributed by atoms with E-state index in [1.807, 2.05) is 6.07 Å². The van der Waals surface area contributed by atoms with E-state index in [1.54, 1.807) is 84.9 Å². The number of carbonyl (C=O) groups is 3. The van der Waals surface area contributed by atoms with Crippen molar-refractivity contribution < 1.29 is 57.4 Å². The van der Waals surface area contributed by atoms with Crippen LogP contribution in [0.1, 0.15) is 12.5 Å². The van der Waals surface area contributed by atoms with Crippen LogP contribution in [0, 0.1) is 0 Å². The first-order valence-corrected chi connectivity index (χ1v) is 17.4. The molecule has 2 saturated heterocycles. The van der Waals surface area contributed by atoms with Gasteiger partial charge >= 0.3 is 29.1 Å². The third-order valence-electron chi connectivity index (χ3n) is 7.33. The summed E-state index contributed by atoms with van der Waals surface area (Å²) in [6.45, 7) is -0.230. The van der Waals surface area contributed by atoms with Crippen LogP contribution in [0.3, 0.4) is 0 Å². The molecule has 2 aromatic heterocycles. The fourth-order valence-corrected chi connectivity index (χ4v) is 4.85. The van der Waals surface area contributed by atoms with Crippen molar-refractivity contribution in [2.75, 3.05) is 37.5 Å². The van der Waals surface area contributed by atoms with Crippen LogP contribution >= 0.6 is 11.6 Å². The Kier molecular flexibility index (Phi) is 15.8. The van der Waals surface area contributed by atoms with Crippen molar-refractivity contribution >= 4 is 40.9 Å². The van der Waals surface area contributed by atoms with Crippen LogP contribution < -0.4 is 36.6 Å². The van der Waals surface area contributed by atoms with Gasteiger partial charge in [0.05, 0.1) is 19.8 Å². The summed E-state index contributed by atoms with van der Waals surface area (Å²) in [6.07, 6.45) is -1.72. The minimum atomic E-state index is -0.909. The molecule has 4 N–H and O–H groups in total. The van der Waals surface area contributed by atoms with E-state index in [4.69, 9.17) is 55.6 Å². The molecule has 2 aliphatic heterocycles. The van der Waals surface area contributed by atoms with Gasteiger partial charge in [0.15, 0.2) is 25.0 Å². The van der Waals surface area contributed by atoms with Gasteiger partial charge in [0.1, 0.15) is 35.5 Å². The third-order valence-corrected chi connectivity index (χ3v) is 7.40. The zero-order valence-electron chi connectivity index (χ0n) is 30.1. The average Bonchev–Trinajstić information content (AvgIpc) is 3.89. The lowest BCUT2D eigenvalue weighted by Crippen LogP contribution is -2.30. The molecule has 4 heterocycles. The maximum Gasteiger partial charge on any atom is 0.514 e. The van der Waals surface area contributed by atoms with E-state index < -0.39 is 54.1 Å². The Morgan fingerprint density at radius 1 is 0.724 bits per heavy atom. The molecule has 20 nitrogen and oxygen atoms in total. The number of carbonyl (C=O) groups excluding carboxylic acids is 3. The molecule has 2 aliphatic rings. The number of benzene rings is 3. The number of anilines is 2. The van der Waals surface area contributed by atoms with E-state index in [0.29, 0.717) is 17.2 Å². The van der Waals surface area contributed by atoms with Gasteiger partial charge in [0.2, 0.25) is 0 Å². The molecule has 0 radical (unpaired) electrons. The second-order valence-electron chi connectivity index (χ2n) is 11.4. The molecule has 1 amide bonds. The Bertz CT molecular complexity index is 2220. The lowest BCUT2D eigenvalue weighted by Gasteiger charge is -2.14. The molecular weight excluding hydrogens is 788 g/mol. The van der Waals surface area contributed by atoms with Gasteiger partial charge in [-0.15, -0.1) is 0 Å². The number of nitrogen functional groups attached to an aromatic ring is 1. The maximum atomic E-state index is 12.4. The number of nitrogens with two attached hydrogens (primary N) is 1. The first-order valence-electron chi connectivity index (χ1n) is 17.0. The molecule has 58 heavy (non-hydrogen) atoms. The Hall–Kier alpha value is -6.68. The van der Waals surface area contributed by atoms with Crippen molar-refractivity contribution in [1.82, 2.24) is 19.1 Å². The highest BCUT2D eigenvalue weighted by Gasteiger charge is 2.30. The molecule has 3 aromatic carbocycles. The summed E-state index contributed by atoms with van der Waals surface area (Å²) in [7, 11) is 0. The summed E-state index contributed by atoms with van der Waals surface area (Å²) < 4.78 is 43.4. The number of ether oxygens (including phenoxy) is 8. The van der Waals surface area contributed by atoms with Gasteiger partial charge in [-0.1, -0.05) is 54.6 Å². The monoisotopic (exact) mass is 822 g/mol. The van der Waals surface area contributed by atoms with Crippen LogP contribution in [0.15, 0.2) is 125 Å². The normalized spacial score (nSPS) is 18.0. The van der Waals surface area contributed by atoms with E-state index >= 15 is 0 Å². The number of hydrogen-bond donors (Lipinski definition) is 3. The van der Waals surface area contributed by atoms with Gasteiger partial charge in [-0.05, 0) is 48.5 Å². The molecule has 2 fully saturated rings. The highest BCUT2D eigenvalue weighted by Crippen LogP contribution is 2.21. The van der Waals surface area contributed by atoms with Crippen LogP contribution in [0.4, 0.5) is 26.0 Å². The quantitative estimate of drug-likeness (QED) is 0.108. The molecule has 0 aliphatic carbocycles. The molecule has 4 atom stereocenters. The lowest BCUT2D eigenvalue weighted by molar-refractivity contribution is -0.105. The van der Waals surface area contributed by atoms with Crippen LogP contribution in [0.5, 0.6) is 17.2 Å². The first-order chi connectivity index (χ1) is 28.1. The molecule has 0 unspecified atom stereocenters. The zero-order chi connectivity index (χ0) is 41.3. The number of hydrogen-bond acceptors (Lipinski definition) is 17. The molecule has 0 saturated carbocycles. The Morgan fingerprint density at radius 2 is 1.22 bits per heavy atom. The largest absolute Gasteiger partial charge is 0.514 e. The number of nitrogens with one attached hydrogen (secondary N) is 1. The second-order valence-corrected chi connectivity index (χ2v) is 11.7. The van der Waals surface area contributed by atoms with E-state index in [-0.39, 0.29) is 38.1 Å². The van der Waals surface area contributed by atoms with Crippen LogP contribution in [-0.2, 0) is 23.7 Å². The number of halogens is 1. The summed E-state index contributed by atoms with van der Waals surface area (Å²) in [5.41, 5.74) is 3.36. The molecular formula is C37H35ClN6O14. The predicted octanol–water partition coefficient (Wildman–Crippen LogP) is 4.05. The van der Waals surface area contributed by atoms with Gasteiger partial charge < -0.3 is 48.7 Å². The van der Waals surface area contributed by atoms with Crippen LogP contribution in [0.2, 0.25) is 0 Å². The maximum absolute atomic E-state index is 12.4. The smallest absolute Gasteiger partial charge is 0.429 e. The Labute approximate surface area is 333 Å². The second kappa shape index (κ2) is 21.6. The van der Waals surface area contributed by atoms with Gasteiger partial charge in [-0.25, -0.2) is 24.0 Å². The van der Waals surface area contributed by atoms with Crippen molar-refractivity contribution in [2.45, 2.75) is 25.0 Å². The fraction of sp³-hybridized carbons (Fsp3) is 0.216. The Morgan fingerprint density at radius 3 is 1.74 bits per heavy atom. The minimum absolute atomic E-state index is 0.0136. The summed E-state index contributed by atoms with van der Waals surface area (Å²) >= 11 is 4.95. The Balaban J connectivity index is 0.000000209. The molecule has 0 spiro atoms. The summed E-state index contributed by atoms with van der Waals surface area (Å²) in [5.74, 6) is 1.32. The highest BCUT2D eigenvalue weighted by molar-refractivity contribution is 6.61. The van der Waals surface area contributed by atoms with E-state index in [9.17, 15) is 24.0 Å². The zero-order valence-corrected chi connectivity index (χ0v) is 30.9. The van der Waals surface area contributed by atoms with Gasteiger partial charge in [0, 0.05) is 24.0 Å². The molecule has 7 rings (SSSR count). The predicted molar refractivity (Wildman–Crippen MR) is 201 cm³/mol. The standard InChI is InChI=1S/C22H19N3O8.C8H11N3O4.C7H5ClO2/c26-20-23-17(24-21(27)31-15-7-3-1-4-8-15)11-12-25(20)18-13-29-19(33-18)14-30-22(28)32-16-9-5-2-6-10-16;9-5-1-2-11(8(13)10-5)6-4-14-7(3-12)15-6;8-7(9)10-6-4-2-1-3-5-6/h1-12,18-19H,13-14H2,(H,23,24,26,27);1-2,6-7,12H,3-4H2,(H2,9,10,13);1-5H/t18-,19-;6-,7-;/m00./s1. The van der Waals surface area contributed by atoms with Crippen molar-refractivity contribution in [3.8, 4) is 17.2 Å². The number of aromatic nitrogens is 4. The van der Waals surface area contributed by atoms with E-state index in [2.05, 4.69) is 20.0 Å². The SMILES string of the molecule is Nc1ccn([C@@H]2CO[C@H](CO)O2)c(=O)n1.O=C(Cl)Oc1ccccc1.O=C(Nc1ccn([C@@H]2CO[C@H](COC(=O)Oc3ccccc3)O2)c(=O)n1)Oc1ccccc1. The van der Waals surface area contributed by atoms with E-state index in [0.717, 1.165) is 0 Å². The summed E-state index contributed by atoms with van der Waals surface area (Å²) in [4.78, 5) is 65.0. The number of para-hydroxylation sites is 3. The van der Waals surface area contributed by atoms with Crippen LogP contribution in [-0.4, -0.2) is 80.9 Å². The number of amides is 1. The summed E-state index contributed by atoms with van der Waals surface area (Å²) in [6, 6.07) is 28.5. The van der Waals surface area contributed by atoms with E-state index in [1.165, 1.54) is 33.7 Å². The van der Waals surface area contributed by atoms with Crippen molar-refractivity contribution in [3.63, 3.8) is 0 Å².